The first-order chi connectivity index (χ1) is 14.8. The summed E-state index contributed by atoms with van der Waals surface area (Å²) in [4.78, 5) is 12.1. The molecule has 0 fully saturated rings. The Morgan fingerprint density at radius 3 is 2.58 bits per heavy atom. The van der Waals surface area contributed by atoms with Crippen LogP contribution in [0.25, 0.3) is 0 Å². The summed E-state index contributed by atoms with van der Waals surface area (Å²) < 4.78 is 51.0. The Kier molecular flexibility index (Phi) is 7.06. The Balaban J connectivity index is 1.55. The lowest BCUT2D eigenvalue weighted by atomic mass is 10.2. The summed E-state index contributed by atoms with van der Waals surface area (Å²) in [6.07, 6.45) is -4.48. The van der Waals surface area contributed by atoms with Crippen LogP contribution in [0.15, 0.2) is 53.7 Å². The van der Waals surface area contributed by atoms with Crippen molar-refractivity contribution in [1.82, 2.24) is 14.8 Å². The van der Waals surface area contributed by atoms with Crippen LogP contribution in [0.4, 0.5) is 18.9 Å². The van der Waals surface area contributed by atoms with E-state index in [0.717, 1.165) is 23.9 Å². The van der Waals surface area contributed by atoms with Crippen LogP contribution in [0.2, 0.25) is 0 Å². The number of anilines is 1. The van der Waals surface area contributed by atoms with Crippen LogP contribution in [-0.2, 0) is 24.6 Å². The predicted molar refractivity (Wildman–Crippen MR) is 109 cm³/mol. The Bertz CT molecular complexity index is 1060. The average molecular weight is 452 g/mol. The minimum Gasteiger partial charge on any atom is -0.493 e. The topological polar surface area (TPSA) is 78.3 Å². The number of methoxy groups -OCH3 is 1. The number of aromatic nitrogens is 3. The van der Waals surface area contributed by atoms with E-state index >= 15 is 0 Å². The summed E-state index contributed by atoms with van der Waals surface area (Å²) in [5.41, 5.74) is -0.754. The van der Waals surface area contributed by atoms with Gasteiger partial charge in [0.1, 0.15) is 6.61 Å². The largest absolute Gasteiger partial charge is 0.493 e. The van der Waals surface area contributed by atoms with Crippen LogP contribution in [0.1, 0.15) is 11.4 Å². The van der Waals surface area contributed by atoms with Gasteiger partial charge in [-0.05, 0) is 30.3 Å². The Hall–Kier alpha value is -3.21. The molecule has 3 aromatic rings. The van der Waals surface area contributed by atoms with E-state index in [9.17, 15) is 18.0 Å². The fraction of sp³-hybridized carbons (Fsp3) is 0.250. The molecule has 0 unspecified atom stereocenters. The van der Waals surface area contributed by atoms with E-state index < -0.39 is 17.6 Å². The normalized spacial score (nSPS) is 11.3. The fourth-order valence-electron chi connectivity index (χ4n) is 2.58. The molecule has 31 heavy (non-hydrogen) atoms. The van der Waals surface area contributed by atoms with Gasteiger partial charge in [0.2, 0.25) is 5.91 Å². The number of ether oxygens (including phenoxy) is 2. The number of hydrogen-bond acceptors (Lipinski definition) is 6. The van der Waals surface area contributed by atoms with Crippen molar-refractivity contribution in [2.45, 2.75) is 17.9 Å². The van der Waals surface area contributed by atoms with Gasteiger partial charge in [-0.15, -0.1) is 10.2 Å². The number of rotatable bonds is 8. The van der Waals surface area contributed by atoms with Crippen molar-refractivity contribution < 1.29 is 27.4 Å². The summed E-state index contributed by atoms with van der Waals surface area (Å²) in [6.45, 7) is 0.140. The number of hydrogen-bond donors (Lipinski definition) is 1. The lowest BCUT2D eigenvalue weighted by molar-refractivity contribution is -0.137. The van der Waals surface area contributed by atoms with Gasteiger partial charge in [-0.3, -0.25) is 4.79 Å². The molecule has 0 aliphatic rings. The number of alkyl halides is 3. The van der Waals surface area contributed by atoms with Crippen molar-refractivity contribution in [3.8, 4) is 11.5 Å². The number of thioether (sulfide) groups is 1. The minimum absolute atomic E-state index is 0.0460. The van der Waals surface area contributed by atoms with Crippen LogP contribution in [0, 0.1) is 0 Å². The molecule has 7 nitrogen and oxygen atoms in total. The molecular formula is C20H19F3N4O3S. The lowest BCUT2D eigenvalue weighted by Crippen LogP contribution is -2.15. The number of para-hydroxylation sites is 2. The fourth-order valence-corrected chi connectivity index (χ4v) is 3.31. The van der Waals surface area contributed by atoms with Crippen molar-refractivity contribution in [3.63, 3.8) is 0 Å². The van der Waals surface area contributed by atoms with Crippen LogP contribution >= 0.6 is 11.8 Å². The summed E-state index contributed by atoms with van der Waals surface area (Å²) in [5.74, 6) is 1.18. The van der Waals surface area contributed by atoms with Gasteiger partial charge in [0.25, 0.3) is 0 Å². The van der Waals surface area contributed by atoms with Gasteiger partial charge in [0.05, 0.1) is 18.4 Å². The van der Waals surface area contributed by atoms with E-state index in [4.69, 9.17) is 9.47 Å². The Labute approximate surface area is 180 Å². The number of amides is 1. The zero-order valence-corrected chi connectivity index (χ0v) is 17.5. The highest BCUT2D eigenvalue weighted by molar-refractivity contribution is 7.99. The minimum atomic E-state index is -4.48. The molecule has 1 amide bonds. The smallest absolute Gasteiger partial charge is 0.416 e. The highest BCUT2D eigenvalue weighted by atomic mass is 32.2. The maximum absolute atomic E-state index is 12.8. The van der Waals surface area contributed by atoms with Gasteiger partial charge in [-0.2, -0.15) is 13.2 Å². The summed E-state index contributed by atoms with van der Waals surface area (Å²) in [7, 11) is 3.28. The second-order valence-electron chi connectivity index (χ2n) is 6.31. The molecule has 0 spiro atoms. The van der Waals surface area contributed by atoms with Crippen LogP contribution < -0.4 is 14.8 Å². The number of carbonyl (C=O) groups is 1. The molecule has 0 radical (unpaired) electrons. The van der Waals surface area contributed by atoms with E-state index in [2.05, 4.69) is 15.5 Å². The molecule has 0 bridgehead atoms. The molecule has 1 heterocycles. The first kappa shape index (κ1) is 22.5. The summed E-state index contributed by atoms with van der Waals surface area (Å²) in [6, 6.07) is 11.7. The van der Waals surface area contributed by atoms with Crippen molar-refractivity contribution in [2.24, 2.45) is 7.05 Å². The van der Waals surface area contributed by atoms with E-state index in [-0.39, 0.29) is 18.0 Å². The zero-order valence-electron chi connectivity index (χ0n) is 16.6. The van der Waals surface area contributed by atoms with Gasteiger partial charge >= 0.3 is 6.18 Å². The van der Waals surface area contributed by atoms with Gasteiger partial charge in [0.15, 0.2) is 22.5 Å². The molecule has 3 rings (SSSR count). The number of benzene rings is 2. The van der Waals surface area contributed by atoms with Crippen molar-refractivity contribution in [2.75, 3.05) is 18.2 Å². The molecule has 0 aliphatic heterocycles. The zero-order chi connectivity index (χ0) is 22.4. The van der Waals surface area contributed by atoms with Crippen LogP contribution in [0.3, 0.4) is 0 Å². The summed E-state index contributed by atoms with van der Waals surface area (Å²) in [5, 5.41) is 11.0. The standard InChI is InChI=1S/C20H19F3N4O3S/c1-27-17(11-30-16-9-4-3-8-15(16)29-2)25-26-19(27)31-12-18(28)24-14-7-5-6-13(10-14)20(21,22)23/h3-10H,11-12H2,1-2H3,(H,24,28). The predicted octanol–water partition coefficient (Wildman–Crippen LogP) is 4.15. The quantitative estimate of drug-likeness (QED) is 0.518. The molecule has 1 N–H and O–H groups in total. The molecular weight excluding hydrogens is 433 g/mol. The van der Waals surface area contributed by atoms with Gasteiger partial charge in [-0.1, -0.05) is 30.0 Å². The molecule has 0 aliphatic carbocycles. The molecule has 1 aromatic heterocycles. The maximum Gasteiger partial charge on any atom is 0.416 e. The number of halogens is 3. The molecule has 164 valence electrons. The van der Waals surface area contributed by atoms with Crippen LogP contribution in [0.5, 0.6) is 11.5 Å². The lowest BCUT2D eigenvalue weighted by Gasteiger charge is -2.10. The molecule has 2 aromatic carbocycles. The van der Waals surface area contributed by atoms with Crippen molar-refractivity contribution in [1.29, 1.82) is 0 Å². The SMILES string of the molecule is COc1ccccc1OCc1nnc(SCC(=O)Nc2cccc(C(F)(F)F)c2)n1C. The third-order valence-corrected chi connectivity index (χ3v) is 5.18. The first-order valence-corrected chi connectivity index (χ1v) is 10.0. The van der Waals surface area contributed by atoms with E-state index in [1.165, 1.54) is 12.1 Å². The highest BCUT2D eigenvalue weighted by Gasteiger charge is 2.30. The summed E-state index contributed by atoms with van der Waals surface area (Å²) >= 11 is 1.11. The molecule has 0 atom stereocenters. The van der Waals surface area contributed by atoms with Crippen molar-refractivity contribution >= 4 is 23.4 Å². The van der Waals surface area contributed by atoms with Crippen LogP contribution in [-0.4, -0.2) is 33.5 Å². The first-order valence-electron chi connectivity index (χ1n) is 9.02. The second-order valence-corrected chi connectivity index (χ2v) is 7.26. The maximum atomic E-state index is 12.8. The van der Waals surface area contributed by atoms with Crippen molar-refractivity contribution in [3.05, 3.63) is 59.9 Å². The molecule has 0 saturated heterocycles. The Morgan fingerprint density at radius 2 is 1.87 bits per heavy atom. The number of nitrogens with one attached hydrogen (secondary N) is 1. The molecule has 0 saturated carbocycles. The monoisotopic (exact) mass is 452 g/mol. The number of nitrogens with zero attached hydrogens (tertiary/aromatic N) is 3. The average Bonchev–Trinajstić information content (AvgIpc) is 3.10. The number of carbonyl (C=O) groups excluding carboxylic acids is 1. The Morgan fingerprint density at radius 1 is 1.13 bits per heavy atom. The third kappa shape index (κ3) is 5.91. The van der Waals surface area contributed by atoms with E-state index in [0.29, 0.717) is 22.5 Å². The second kappa shape index (κ2) is 9.73. The molecule has 11 heteroatoms. The van der Waals surface area contributed by atoms with Gasteiger partial charge in [0, 0.05) is 12.7 Å². The van der Waals surface area contributed by atoms with E-state index in [1.54, 1.807) is 30.9 Å². The third-order valence-electron chi connectivity index (χ3n) is 4.16. The van der Waals surface area contributed by atoms with Gasteiger partial charge in [-0.25, -0.2) is 0 Å². The van der Waals surface area contributed by atoms with E-state index in [1.807, 2.05) is 12.1 Å². The van der Waals surface area contributed by atoms with Gasteiger partial charge < -0.3 is 19.4 Å². The highest BCUT2D eigenvalue weighted by Crippen LogP contribution is 2.31.